The molecule has 1 saturated carbocycles. The van der Waals surface area contributed by atoms with Gasteiger partial charge >= 0.3 is 0 Å². The first-order valence-corrected chi connectivity index (χ1v) is 10.5. The Balaban J connectivity index is 1.52. The van der Waals surface area contributed by atoms with Crippen molar-refractivity contribution in [3.63, 3.8) is 0 Å². The Kier molecular flexibility index (Phi) is 5.64. The SMILES string of the molecule is Cc1cc(F)ccc1S(=O)(=O)NCC(=O)N[C@@H]1COC2(CCCCC2)C1. The maximum Gasteiger partial charge on any atom is 0.241 e. The Bertz CT molecular complexity index is 775. The van der Waals surface area contributed by atoms with Gasteiger partial charge in [0.25, 0.3) is 0 Å². The highest BCUT2D eigenvalue weighted by Gasteiger charge is 2.41. The average molecular weight is 384 g/mol. The zero-order valence-corrected chi connectivity index (χ0v) is 15.7. The Morgan fingerprint density at radius 2 is 2.04 bits per heavy atom. The molecule has 0 unspecified atom stereocenters. The van der Waals surface area contributed by atoms with Crippen molar-refractivity contribution in [2.45, 2.75) is 62.0 Å². The average Bonchev–Trinajstić information content (AvgIpc) is 2.95. The molecular formula is C18H25FN2O4S. The number of benzene rings is 1. The van der Waals surface area contributed by atoms with Crippen molar-refractivity contribution in [1.82, 2.24) is 10.0 Å². The van der Waals surface area contributed by atoms with E-state index in [1.165, 1.54) is 19.4 Å². The minimum absolute atomic E-state index is 0.0305. The number of hydrogen-bond donors (Lipinski definition) is 2. The van der Waals surface area contributed by atoms with Gasteiger partial charge in [0.15, 0.2) is 0 Å². The number of hydrogen-bond acceptors (Lipinski definition) is 4. The molecule has 0 bridgehead atoms. The highest BCUT2D eigenvalue weighted by molar-refractivity contribution is 7.89. The third-order valence-electron chi connectivity index (χ3n) is 5.19. The predicted molar refractivity (Wildman–Crippen MR) is 94.6 cm³/mol. The van der Waals surface area contributed by atoms with Gasteiger partial charge in [-0.25, -0.2) is 17.5 Å². The maximum absolute atomic E-state index is 13.1. The molecule has 2 fully saturated rings. The molecular weight excluding hydrogens is 359 g/mol. The maximum atomic E-state index is 13.1. The van der Waals surface area contributed by atoms with E-state index < -0.39 is 21.7 Å². The van der Waals surface area contributed by atoms with Crippen LogP contribution in [0.5, 0.6) is 0 Å². The Morgan fingerprint density at radius 3 is 2.73 bits per heavy atom. The summed E-state index contributed by atoms with van der Waals surface area (Å²) >= 11 is 0. The van der Waals surface area contributed by atoms with Crippen LogP contribution in [-0.4, -0.2) is 39.1 Å². The van der Waals surface area contributed by atoms with Crippen molar-refractivity contribution in [2.24, 2.45) is 0 Å². The van der Waals surface area contributed by atoms with Gasteiger partial charge in [0.2, 0.25) is 15.9 Å². The van der Waals surface area contributed by atoms with E-state index in [2.05, 4.69) is 10.0 Å². The number of carbonyl (C=O) groups is 1. The van der Waals surface area contributed by atoms with E-state index in [0.29, 0.717) is 12.2 Å². The molecule has 1 aromatic rings. The summed E-state index contributed by atoms with van der Waals surface area (Å²) in [5.41, 5.74) is 0.183. The third-order valence-corrected chi connectivity index (χ3v) is 6.75. The second kappa shape index (κ2) is 7.62. The van der Waals surface area contributed by atoms with Crippen molar-refractivity contribution in [2.75, 3.05) is 13.2 Å². The third kappa shape index (κ3) is 4.42. The van der Waals surface area contributed by atoms with Gasteiger partial charge in [-0.2, -0.15) is 0 Å². The van der Waals surface area contributed by atoms with Gasteiger partial charge in [0, 0.05) is 0 Å². The molecule has 1 heterocycles. The number of rotatable bonds is 5. The molecule has 2 N–H and O–H groups in total. The van der Waals surface area contributed by atoms with E-state index in [1.807, 2.05) is 0 Å². The standard InChI is InChI=1S/C18H25FN2O4S/c1-13-9-14(19)5-6-16(13)26(23,24)20-11-17(22)21-15-10-18(25-12-15)7-3-2-4-8-18/h5-6,9,15,20H,2-4,7-8,10-12H2,1H3,(H,21,22)/t15-/m0/s1. The predicted octanol–water partition coefficient (Wildman–Crippen LogP) is 2.02. The molecule has 1 saturated heterocycles. The van der Waals surface area contributed by atoms with Crippen LogP contribution in [0.15, 0.2) is 23.1 Å². The summed E-state index contributed by atoms with van der Waals surface area (Å²) in [6.07, 6.45) is 6.36. The number of carbonyl (C=O) groups excluding carboxylic acids is 1. The molecule has 1 spiro atoms. The number of halogens is 1. The lowest BCUT2D eigenvalue weighted by Gasteiger charge is -2.32. The Labute approximate surface area is 153 Å². The summed E-state index contributed by atoms with van der Waals surface area (Å²) in [4.78, 5) is 12.1. The van der Waals surface area contributed by atoms with E-state index in [-0.39, 0.29) is 23.1 Å². The molecule has 6 nitrogen and oxygen atoms in total. The van der Waals surface area contributed by atoms with E-state index in [1.54, 1.807) is 0 Å². The van der Waals surface area contributed by atoms with E-state index >= 15 is 0 Å². The lowest BCUT2D eigenvalue weighted by Crippen LogP contribution is -2.43. The van der Waals surface area contributed by atoms with Crippen molar-refractivity contribution in [3.05, 3.63) is 29.6 Å². The van der Waals surface area contributed by atoms with E-state index in [4.69, 9.17) is 4.74 Å². The molecule has 144 valence electrons. The van der Waals surface area contributed by atoms with Crippen LogP contribution in [0.2, 0.25) is 0 Å². The van der Waals surface area contributed by atoms with Gasteiger partial charge in [-0.3, -0.25) is 4.79 Å². The van der Waals surface area contributed by atoms with Crippen LogP contribution < -0.4 is 10.0 Å². The fourth-order valence-electron chi connectivity index (χ4n) is 3.91. The smallest absolute Gasteiger partial charge is 0.241 e. The van der Waals surface area contributed by atoms with Crippen LogP contribution in [-0.2, 0) is 19.6 Å². The largest absolute Gasteiger partial charge is 0.373 e. The van der Waals surface area contributed by atoms with Gasteiger partial charge in [0.05, 0.1) is 29.7 Å². The van der Waals surface area contributed by atoms with Crippen LogP contribution in [0.1, 0.15) is 44.1 Å². The zero-order valence-electron chi connectivity index (χ0n) is 14.9. The second-order valence-corrected chi connectivity index (χ2v) is 8.99. The minimum atomic E-state index is -3.87. The first-order valence-electron chi connectivity index (χ1n) is 8.99. The summed E-state index contributed by atoms with van der Waals surface area (Å²) in [6.45, 7) is 1.62. The molecule has 8 heteroatoms. The van der Waals surface area contributed by atoms with Gasteiger partial charge in [0.1, 0.15) is 5.82 Å². The quantitative estimate of drug-likeness (QED) is 0.813. The summed E-state index contributed by atoms with van der Waals surface area (Å²) < 4.78 is 46.0. The fourth-order valence-corrected chi connectivity index (χ4v) is 5.12. The summed E-state index contributed by atoms with van der Waals surface area (Å²) in [7, 11) is -3.87. The number of sulfonamides is 1. The molecule has 1 amide bonds. The van der Waals surface area contributed by atoms with Gasteiger partial charge in [-0.05, 0) is 49.9 Å². The van der Waals surface area contributed by atoms with Crippen LogP contribution in [0.4, 0.5) is 4.39 Å². The van der Waals surface area contributed by atoms with Gasteiger partial charge < -0.3 is 10.1 Å². The second-order valence-electron chi connectivity index (χ2n) is 7.26. The lowest BCUT2D eigenvalue weighted by atomic mass is 9.82. The van der Waals surface area contributed by atoms with Crippen molar-refractivity contribution >= 4 is 15.9 Å². The molecule has 26 heavy (non-hydrogen) atoms. The molecule has 1 aromatic carbocycles. The van der Waals surface area contributed by atoms with Crippen LogP contribution in [0.3, 0.4) is 0 Å². The van der Waals surface area contributed by atoms with Crippen molar-refractivity contribution in [1.29, 1.82) is 0 Å². The number of aryl methyl sites for hydroxylation is 1. The van der Waals surface area contributed by atoms with Gasteiger partial charge in [-0.15, -0.1) is 0 Å². The van der Waals surface area contributed by atoms with Crippen LogP contribution >= 0.6 is 0 Å². The Morgan fingerprint density at radius 1 is 1.31 bits per heavy atom. The first-order chi connectivity index (χ1) is 12.3. The summed E-state index contributed by atoms with van der Waals surface area (Å²) in [5.74, 6) is -0.896. The zero-order chi connectivity index (χ0) is 18.8. The highest BCUT2D eigenvalue weighted by atomic mass is 32.2. The highest BCUT2D eigenvalue weighted by Crippen LogP contribution is 2.39. The normalized spacial score (nSPS) is 22.5. The molecule has 0 radical (unpaired) electrons. The molecule has 1 atom stereocenters. The molecule has 2 aliphatic rings. The van der Waals surface area contributed by atoms with Crippen LogP contribution in [0.25, 0.3) is 0 Å². The number of ether oxygens (including phenoxy) is 1. The summed E-state index contributed by atoms with van der Waals surface area (Å²) in [5, 5.41) is 2.85. The molecule has 1 aliphatic heterocycles. The molecule has 1 aliphatic carbocycles. The van der Waals surface area contributed by atoms with E-state index in [9.17, 15) is 17.6 Å². The minimum Gasteiger partial charge on any atom is -0.373 e. The number of amides is 1. The van der Waals surface area contributed by atoms with Gasteiger partial charge in [-0.1, -0.05) is 19.3 Å². The van der Waals surface area contributed by atoms with E-state index in [0.717, 1.165) is 44.2 Å². The van der Waals surface area contributed by atoms with Crippen molar-refractivity contribution < 1.29 is 22.3 Å². The topological polar surface area (TPSA) is 84.5 Å². The first kappa shape index (κ1) is 19.3. The monoisotopic (exact) mass is 384 g/mol. The molecule has 3 rings (SSSR count). The summed E-state index contributed by atoms with van der Waals surface area (Å²) in [6, 6.07) is 3.34. The fraction of sp³-hybridized carbons (Fsp3) is 0.611. The lowest BCUT2D eigenvalue weighted by molar-refractivity contribution is -0.120. The number of nitrogens with one attached hydrogen (secondary N) is 2. The van der Waals surface area contributed by atoms with Crippen molar-refractivity contribution in [3.8, 4) is 0 Å². The Hall–Kier alpha value is -1.51. The van der Waals surface area contributed by atoms with Crippen LogP contribution in [0, 0.1) is 12.7 Å². The molecule has 0 aromatic heterocycles.